The molecule has 1 aromatic rings. The van der Waals surface area contributed by atoms with Crippen LogP contribution in [-0.2, 0) is 11.2 Å². The maximum atomic E-state index is 10.9. The van der Waals surface area contributed by atoms with Gasteiger partial charge in [0.1, 0.15) is 28.6 Å². The molecule has 8 heteroatoms. The molecule has 2 N–H and O–H groups in total. The first-order valence-electron chi connectivity index (χ1n) is 4.52. The highest BCUT2D eigenvalue weighted by Gasteiger charge is 2.31. The molecule has 1 atom stereocenters. The number of rotatable bonds is 5. The van der Waals surface area contributed by atoms with E-state index >= 15 is 0 Å². The van der Waals surface area contributed by atoms with Gasteiger partial charge in [-0.05, 0) is 17.7 Å². The SMILES string of the molecule is O=C(O)C(Cc1ccc(O)cc1)N(I)[N+](=O)[O-]. The summed E-state index contributed by atoms with van der Waals surface area (Å²) in [5.41, 5.74) is 0.596. The quantitative estimate of drug-likeness (QED) is 0.358. The van der Waals surface area contributed by atoms with Crippen LogP contribution in [-0.4, -0.2) is 30.5 Å². The van der Waals surface area contributed by atoms with E-state index in [1.165, 1.54) is 47.1 Å². The van der Waals surface area contributed by atoms with Crippen LogP contribution in [0.5, 0.6) is 5.75 Å². The summed E-state index contributed by atoms with van der Waals surface area (Å²) in [6.07, 6.45) is -0.0144. The maximum absolute atomic E-state index is 10.9. The van der Waals surface area contributed by atoms with Crippen LogP contribution >= 0.6 is 22.9 Å². The normalized spacial score (nSPS) is 11.8. The van der Waals surface area contributed by atoms with Crippen molar-refractivity contribution in [3.8, 4) is 5.75 Å². The summed E-state index contributed by atoms with van der Waals surface area (Å²) in [5, 5.41) is 27.7. The highest BCUT2D eigenvalue weighted by Crippen LogP contribution is 2.16. The van der Waals surface area contributed by atoms with E-state index in [0.717, 1.165) is 0 Å². The predicted molar refractivity (Wildman–Crippen MR) is 66.1 cm³/mol. The van der Waals surface area contributed by atoms with Crippen molar-refractivity contribution in [3.63, 3.8) is 0 Å². The second kappa shape index (κ2) is 5.66. The number of hydrazine groups is 1. The number of hydrogen-bond acceptors (Lipinski definition) is 4. The first-order chi connectivity index (χ1) is 7.91. The average Bonchev–Trinajstić information content (AvgIpc) is 2.26. The van der Waals surface area contributed by atoms with Gasteiger partial charge in [-0.25, -0.2) is 14.9 Å². The number of phenolic OH excluding ortho intramolecular Hbond substituents is 1. The molecule has 0 saturated heterocycles. The third-order valence-electron chi connectivity index (χ3n) is 2.06. The summed E-state index contributed by atoms with van der Waals surface area (Å²) >= 11 is 1.35. The standard InChI is InChI=1S/C9H9IN2O5/c10-11(12(16)17)8(9(14)15)5-6-1-3-7(13)4-2-6/h1-4,8,13H,5H2,(H,14,15). The molecule has 0 aliphatic heterocycles. The Morgan fingerprint density at radius 1 is 1.47 bits per heavy atom. The van der Waals surface area contributed by atoms with Crippen LogP contribution in [0.4, 0.5) is 0 Å². The maximum Gasteiger partial charge on any atom is 0.333 e. The first-order valence-corrected chi connectivity index (χ1v) is 5.48. The molecule has 0 aliphatic rings. The molecular formula is C9H9IN2O5. The number of aromatic hydroxyl groups is 1. The Morgan fingerprint density at radius 3 is 2.41 bits per heavy atom. The van der Waals surface area contributed by atoms with Crippen molar-refractivity contribution in [3.05, 3.63) is 39.9 Å². The third-order valence-corrected chi connectivity index (χ3v) is 3.09. The lowest BCUT2D eigenvalue weighted by Gasteiger charge is -2.15. The monoisotopic (exact) mass is 352 g/mol. The Morgan fingerprint density at radius 2 is 2.00 bits per heavy atom. The number of phenols is 1. The zero-order valence-corrected chi connectivity index (χ0v) is 10.6. The fraction of sp³-hybridized carbons (Fsp3) is 0.222. The summed E-state index contributed by atoms with van der Waals surface area (Å²) in [6.45, 7) is 0. The van der Waals surface area contributed by atoms with E-state index < -0.39 is 17.0 Å². The van der Waals surface area contributed by atoms with Crippen LogP contribution in [0, 0.1) is 10.1 Å². The number of nitrogens with zero attached hydrogens (tertiary/aromatic N) is 2. The Balaban J connectivity index is 2.84. The summed E-state index contributed by atoms with van der Waals surface area (Å²) in [7, 11) is 0. The molecule has 92 valence electrons. The van der Waals surface area contributed by atoms with Gasteiger partial charge < -0.3 is 10.2 Å². The van der Waals surface area contributed by atoms with Crippen molar-refractivity contribution < 1.29 is 20.0 Å². The molecule has 1 rings (SSSR count). The number of nitro groups is 1. The van der Waals surface area contributed by atoms with E-state index in [0.29, 0.717) is 8.79 Å². The molecule has 0 spiro atoms. The first kappa shape index (κ1) is 13.5. The number of carboxylic acids is 1. The molecule has 0 radical (unpaired) electrons. The predicted octanol–water partition coefficient (Wildman–Crippen LogP) is 1.23. The molecule has 0 fully saturated rings. The second-order valence-electron chi connectivity index (χ2n) is 3.25. The van der Waals surface area contributed by atoms with Gasteiger partial charge in [0.25, 0.3) is 0 Å². The summed E-state index contributed by atoms with van der Waals surface area (Å²) in [6, 6.07) is 4.59. The molecule has 1 unspecified atom stereocenters. The topological polar surface area (TPSA) is 104 Å². The molecule has 0 heterocycles. The van der Waals surface area contributed by atoms with E-state index in [9.17, 15) is 14.9 Å². The number of carboxylic acid groups (broad SMARTS) is 1. The Bertz CT molecular complexity index is 422. The van der Waals surface area contributed by atoms with Crippen molar-refractivity contribution in [1.29, 1.82) is 0 Å². The fourth-order valence-electron chi connectivity index (χ4n) is 1.22. The van der Waals surface area contributed by atoms with E-state index in [-0.39, 0.29) is 12.2 Å². The van der Waals surface area contributed by atoms with Gasteiger partial charge >= 0.3 is 5.97 Å². The summed E-state index contributed by atoms with van der Waals surface area (Å²) in [5.74, 6) is -1.22. The van der Waals surface area contributed by atoms with Gasteiger partial charge in [-0.2, -0.15) is 0 Å². The van der Waals surface area contributed by atoms with Crippen LogP contribution in [0.25, 0.3) is 0 Å². The molecule has 7 nitrogen and oxygen atoms in total. The molecular weight excluding hydrogens is 343 g/mol. The molecule has 0 saturated carbocycles. The van der Waals surface area contributed by atoms with Crippen LogP contribution in [0.3, 0.4) is 0 Å². The minimum atomic E-state index is -1.27. The zero-order valence-electron chi connectivity index (χ0n) is 8.49. The van der Waals surface area contributed by atoms with Crippen molar-refractivity contribution in [2.45, 2.75) is 12.5 Å². The molecule has 1 aromatic carbocycles. The van der Waals surface area contributed by atoms with Gasteiger partial charge in [0, 0.05) is 6.42 Å². The number of aliphatic carboxylic acids is 1. The van der Waals surface area contributed by atoms with E-state index in [1.807, 2.05) is 0 Å². The Labute approximate surface area is 110 Å². The number of halogens is 1. The highest BCUT2D eigenvalue weighted by atomic mass is 127. The minimum absolute atomic E-state index is 0.0144. The van der Waals surface area contributed by atoms with Crippen molar-refractivity contribution in [1.82, 2.24) is 3.22 Å². The highest BCUT2D eigenvalue weighted by molar-refractivity contribution is 14.1. The van der Waals surface area contributed by atoms with Gasteiger partial charge in [-0.3, -0.25) is 0 Å². The van der Waals surface area contributed by atoms with Crippen molar-refractivity contribution >= 4 is 28.8 Å². The smallest absolute Gasteiger partial charge is 0.333 e. The molecule has 0 amide bonds. The van der Waals surface area contributed by atoms with Crippen molar-refractivity contribution in [2.75, 3.05) is 0 Å². The zero-order chi connectivity index (χ0) is 13.0. The van der Waals surface area contributed by atoms with E-state index in [4.69, 9.17) is 10.2 Å². The van der Waals surface area contributed by atoms with Gasteiger partial charge in [-0.1, -0.05) is 15.4 Å². The van der Waals surface area contributed by atoms with Gasteiger partial charge in [-0.15, -0.1) is 0 Å². The number of carbonyl (C=O) groups is 1. The molecule has 0 aliphatic carbocycles. The fourth-order valence-corrected chi connectivity index (χ4v) is 1.66. The minimum Gasteiger partial charge on any atom is -0.508 e. The summed E-state index contributed by atoms with van der Waals surface area (Å²) in [4.78, 5) is 21.4. The van der Waals surface area contributed by atoms with Crippen molar-refractivity contribution in [2.24, 2.45) is 0 Å². The largest absolute Gasteiger partial charge is 0.508 e. The third kappa shape index (κ3) is 3.73. The summed E-state index contributed by atoms with van der Waals surface area (Å²) < 4.78 is 0.521. The van der Waals surface area contributed by atoms with Gasteiger partial charge in [0.2, 0.25) is 6.04 Å². The lowest BCUT2D eigenvalue weighted by Crippen LogP contribution is -2.39. The number of benzene rings is 1. The lowest BCUT2D eigenvalue weighted by atomic mass is 10.1. The van der Waals surface area contributed by atoms with E-state index in [2.05, 4.69) is 0 Å². The lowest BCUT2D eigenvalue weighted by molar-refractivity contribution is -0.611. The van der Waals surface area contributed by atoms with Crippen LogP contribution < -0.4 is 0 Å². The number of hydrogen-bond donors (Lipinski definition) is 2. The molecule has 17 heavy (non-hydrogen) atoms. The Kier molecular flexibility index (Phi) is 4.49. The Hall–Kier alpha value is -1.58. The van der Waals surface area contributed by atoms with Crippen LogP contribution in [0.15, 0.2) is 24.3 Å². The molecule has 0 aromatic heterocycles. The van der Waals surface area contributed by atoms with Gasteiger partial charge in [0.15, 0.2) is 5.03 Å². The second-order valence-corrected chi connectivity index (χ2v) is 4.24. The van der Waals surface area contributed by atoms with Gasteiger partial charge in [0.05, 0.1) is 0 Å². The average molecular weight is 352 g/mol. The van der Waals surface area contributed by atoms with Crippen LogP contribution in [0.2, 0.25) is 0 Å². The van der Waals surface area contributed by atoms with Crippen LogP contribution in [0.1, 0.15) is 5.56 Å². The molecule has 0 bridgehead atoms. The van der Waals surface area contributed by atoms with E-state index in [1.54, 1.807) is 0 Å².